The lowest BCUT2D eigenvalue weighted by molar-refractivity contribution is 0.167. The lowest BCUT2D eigenvalue weighted by Gasteiger charge is -2.36. The van der Waals surface area contributed by atoms with Gasteiger partial charge in [0.2, 0.25) is 0 Å². The van der Waals surface area contributed by atoms with Gasteiger partial charge in [-0.3, -0.25) is 4.90 Å². The number of aliphatic hydroxyl groups excluding tert-OH is 1. The SMILES string of the molecule is CC(CO)CN1CCN(c2ccc(N)cn2)CC1. The zero-order valence-corrected chi connectivity index (χ0v) is 10.9. The predicted octanol–water partition coefficient (Wildman–Crippen LogP) is 0.414. The van der Waals surface area contributed by atoms with Crippen molar-refractivity contribution in [3.63, 3.8) is 0 Å². The number of hydrogen-bond acceptors (Lipinski definition) is 5. The summed E-state index contributed by atoms with van der Waals surface area (Å²) in [6, 6.07) is 3.86. The number of nitrogens with zero attached hydrogens (tertiary/aromatic N) is 3. The largest absolute Gasteiger partial charge is 0.397 e. The summed E-state index contributed by atoms with van der Waals surface area (Å²) in [5.74, 6) is 1.35. The van der Waals surface area contributed by atoms with Crippen molar-refractivity contribution in [2.45, 2.75) is 6.92 Å². The Morgan fingerprint density at radius 3 is 2.61 bits per heavy atom. The maximum atomic E-state index is 9.06. The molecule has 1 fully saturated rings. The second-order valence-corrected chi connectivity index (χ2v) is 5.03. The molecule has 1 atom stereocenters. The van der Waals surface area contributed by atoms with Gasteiger partial charge in [-0.05, 0) is 18.1 Å². The Labute approximate surface area is 108 Å². The predicted molar refractivity (Wildman–Crippen MR) is 73.6 cm³/mol. The molecule has 1 unspecified atom stereocenters. The lowest BCUT2D eigenvalue weighted by Crippen LogP contribution is -2.48. The third kappa shape index (κ3) is 3.34. The van der Waals surface area contributed by atoms with Gasteiger partial charge in [-0.2, -0.15) is 0 Å². The van der Waals surface area contributed by atoms with Crippen LogP contribution >= 0.6 is 0 Å². The van der Waals surface area contributed by atoms with Crippen LogP contribution in [0.1, 0.15) is 6.92 Å². The molecule has 2 heterocycles. The molecule has 0 aliphatic carbocycles. The molecule has 0 spiro atoms. The lowest BCUT2D eigenvalue weighted by atomic mass is 10.1. The molecule has 5 nitrogen and oxygen atoms in total. The summed E-state index contributed by atoms with van der Waals surface area (Å²) in [6.07, 6.45) is 1.70. The first-order valence-electron chi connectivity index (χ1n) is 6.48. The van der Waals surface area contributed by atoms with Gasteiger partial charge in [0.1, 0.15) is 5.82 Å². The Bertz CT molecular complexity index is 360. The van der Waals surface area contributed by atoms with Gasteiger partial charge in [-0.15, -0.1) is 0 Å². The summed E-state index contributed by atoms with van der Waals surface area (Å²) in [7, 11) is 0. The molecule has 1 aliphatic rings. The highest BCUT2D eigenvalue weighted by Gasteiger charge is 2.18. The fourth-order valence-electron chi connectivity index (χ4n) is 2.24. The van der Waals surface area contributed by atoms with Crippen molar-refractivity contribution in [2.24, 2.45) is 5.92 Å². The molecule has 1 saturated heterocycles. The molecule has 0 amide bonds. The molecule has 18 heavy (non-hydrogen) atoms. The topological polar surface area (TPSA) is 65.6 Å². The third-order valence-corrected chi connectivity index (χ3v) is 3.35. The van der Waals surface area contributed by atoms with Gasteiger partial charge in [-0.1, -0.05) is 6.92 Å². The van der Waals surface area contributed by atoms with Gasteiger partial charge in [0.05, 0.1) is 11.9 Å². The van der Waals surface area contributed by atoms with E-state index in [2.05, 4.69) is 21.7 Å². The van der Waals surface area contributed by atoms with Gasteiger partial charge in [0, 0.05) is 39.3 Å². The van der Waals surface area contributed by atoms with Gasteiger partial charge < -0.3 is 15.7 Å². The Hall–Kier alpha value is -1.33. The molecular weight excluding hydrogens is 228 g/mol. The summed E-state index contributed by atoms with van der Waals surface area (Å²) >= 11 is 0. The van der Waals surface area contributed by atoms with Crippen LogP contribution < -0.4 is 10.6 Å². The first kappa shape index (κ1) is 13.1. The van der Waals surface area contributed by atoms with Gasteiger partial charge in [0.15, 0.2) is 0 Å². The third-order valence-electron chi connectivity index (χ3n) is 3.35. The van der Waals surface area contributed by atoms with Crippen LogP contribution in [0.5, 0.6) is 0 Å². The summed E-state index contributed by atoms with van der Waals surface area (Å²) < 4.78 is 0. The molecule has 0 bridgehead atoms. The molecule has 2 rings (SSSR count). The van der Waals surface area contributed by atoms with Crippen LogP contribution in [0.15, 0.2) is 18.3 Å². The number of aromatic nitrogens is 1. The minimum atomic E-state index is 0.264. The smallest absolute Gasteiger partial charge is 0.128 e. The van der Waals surface area contributed by atoms with E-state index in [-0.39, 0.29) is 6.61 Å². The van der Waals surface area contributed by atoms with E-state index < -0.39 is 0 Å². The molecule has 5 heteroatoms. The summed E-state index contributed by atoms with van der Waals surface area (Å²) in [5.41, 5.74) is 6.34. The van der Waals surface area contributed by atoms with Crippen molar-refractivity contribution in [1.29, 1.82) is 0 Å². The summed E-state index contributed by atoms with van der Waals surface area (Å²) in [5, 5.41) is 9.06. The fourth-order valence-corrected chi connectivity index (χ4v) is 2.24. The van der Waals surface area contributed by atoms with Crippen LogP contribution in [0.2, 0.25) is 0 Å². The van der Waals surface area contributed by atoms with E-state index in [1.54, 1.807) is 6.20 Å². The highest BCUT2D eigenvalue weighted by Crippen LogP contribution is 2.15. The Morgan fingerprint density at radius 2 is 2.06 bits per heavy atom. The summed E-state index contributed by atoms with van der Waals surface area (Å²) in [6.45, 7) is 7.32. The van der Waals surface area contributed by atoms with Crippen LogP contribution in [0.4, 0.5) is 11.5 Å². The zero-order valence-electron chi connectivity index (χ0n) is 10.9. The Kier molecular flexibility index (Phi) is 4.38. The normalized spacial score (nSPS) is 18.9. The molecule has 0 radical (unpaired) electrons. The van der Waals surface area contributed by atoms with Gasteiger partial charge in [0.25, 0.3) is 0 Å². The van der Waals surface area contributed by atoms with Crippen molar-refractivity contribution in [3.05, 3.63) is 18.3 Å². The number of nitrogens with two attached hydrogens (primary N) is 1. The van der Waals surface area contributed by atoms with Crippen LogP contribution in [-0.4, -0.2) is 54.3 Å². The van der Waals surface area contributed by atoms with E-state index in [0.29, 0.717) is 11.6 Å². The molecule has 100 valence electrons. The Balaban J connectivity index is 1.84. The fraction of sp³-hybridized carbons (Fsp3) is 0.615. The standard InChI is InChI=1S/C13H22N4O/c1-11(10-18)9-16-4-6-17(7-5-16)13-3-2-12(14)8-15-13/h2-3,8,11,18H,4-7,9-10,14H2,1H3. The summed E-state index contributed by atoms with van der Waals surface area (Å²) in [4.78, 5) is 9.02. The molecule has 1 aromatic heterocycles. The van der Waals surface area contributed by atoms with E-state index in [1.807, 2.05) is 12.1 Å². The first-order valence-corrected chi connectivity index (χ1v) is 6.48. The van der Waals surface area contributed by atoms with Gasteiger partial charge >= 0.3 is 0 Å². The molecular formula is C13H22N4O. The van der Waals surface area contributed by atoms with E-state index >= 15 is 0 Å². The quantitative estimate of drug-likeness (QED) is 0.810. The van der Waals surface area contributed by atoms with Crippen molar-refractivity contribution in [2.75, 3.05) is 50.0 Å². The Morgan fingerprint density at radius 1 is 1.33 bits per heavy atom. The number of aliphatic hydroxyl groups is 1. The van der Waals surface area contributed by atoms with Crippen LogP contribution in [0.25, 0.3) is 0 Å². The monoisotopic (exact) mass is 250 g/mol. The molecule has 3 N–H and O–H groups in total. The zero-order chi connectivity index (χ0) is 13.0. The van der Waals surface area contributed by atoms with E-state index in [9.17, 15) is 0 Å². The molecule has 0 saturated carbocycles. The minimum Gasteiger partial charge on any atom is -0.397 e. The van der Waals surface area contributed by atoms with Crippen molar-refractivity contribution in [3.8, 4) is 0 Å². The van der Waals surface area contributed by atoms with Crippen LogP contribution in [0, 0.1) is 5.92 Å². The second-order valence-electron chi connectivity index (χ2n) is 5.03. The van der Waals surface area contributed by atoms with Crippen LogP contribution in [-0.2, 0) is 0 Å². The number of anilines is 2. The first-order chi connectivity index (χ1) is 8.69. The second kappa shape index (κ2) is 6.02. The van der Waals surface area contributed by atoms with E-state index in [1.165, 1.54) is 0 Å². The average Bonchev–Trinajstić information content (AvgIpc) is 2.40. The van der Waals surface area contributed by atoms with Crippen molar-refractivity contribution in [1.82, 2.24) is 9.88 Å². The number of piperazine rings is 1. The van der Waals surface area contributed by atoms with Gasteiger partial charge in [-0.25, -0.2) is 4.98 Å². The number of nitrogen functional groups attached to an aromatic ring is 1. The highest BCUT2D eigenvalue weighted by atomic mass is 16.3. The minimum absolute atomic E-state index is 0.264. The highest BCUT2D eigenvalue weighted by molar-refractivity contribution is 5.46. The van der Waals surface area contributed by atoms with E-state index in [4.69, 9.17) is 10.8 Å². The molecule has 0 aromatic carbocycles. The van der Waals surface area contributed by atoms with Crippen molar-refractivity contribution >= 4 is 11.5 Å². The maximum absolute atomic E-state index is 9.06. The molecule has 1 aliphatic heterocycles. The average molecular weight is 250 g/mol. The van der Waals surface area contributed by atoms with E-state index in [0.717, 1.165) is 38.5 Å². The van der Waals surface area contributed by atoms with Crippen LogP contribution in [0.3, 0.4) is 0 Å². The van der Waals surface area contributed by atoms with Crippen molar-refractivity contribution < 1.29 is 5.11 Å². The molecule has 1 aromatic rings. The maximum Gasteiger partial charge on any atom is 0.128 e. The number of pyridine rings is 1. The number of rotatable bonds is 4. The number of hydrogen-bond donors (Lipinski definition) is 2.